The second kappa shape index (κ2) is 15.3. The van der Waals surface area contributed by atoms with E-state index in [1.54, 1.807) is 6.07 Å². The molecule has 0 saturated carbocycles. The lowest BCUT2D eigenvalue weighted by molar-refractivity contribution is 0.248. The van der Waals surface area contributed by atoms with E-state index in [9.17, 15) is 5.11 Å². The van der Waals surface area contributed by atoms with E-state index in [0.29, 0.717) is 12.4 Å². The fourth-order valence-corrected chi connectivity index (χ4v) is 6.78. The number of likely N-dealkylation sites (tertiary alicyclic amines) is 1. The van der Waals surface area contributed by atoms with Gasteiger partial charge in [-0.3, -0.25) is 0 Å². The van der Waals surface area contributed by atoms with Crippen LogP contribution in [0.2, 0.25) is 0 Å². The van der Waals surface area contributed by atoms with Crippen molar-refractivity contribution in [3.05, 3.63) is 95.1 Å². The van der Waals surface area contributed by atoms with Gasteiger partial charge in [0.25, 0.3) is 0 Å². The molecule has 0 amide bonds. The molecule has 2 aliphatic rings. The van der Waals surface area contributed by atoms with Crippen molar-refractivity contribution in [1.82, 2.24) is 4.90 Å². The van der Waals surface area contributed by atoms with Gasteiger partial charge < -0.3 is 14.7 Å². The van der Waals surface area contributed by atoms with Gasteiger partial charge in [0.15, 0.2) is 0 Å². The normalized spacial score (nSPS) is 18.9. The van der Waals surface area contributed by atoms with Gasteiger partial charge in [-0.05, 0) is 86.6 Å². The third kappa shape index (κ3) is 8.13. The Hall–Kier alpha value is -2.78. The largest absolute Gasteiger partial charge is 0.508 e. The molecule has 1 N–H and O–H groups in total. The van der Waals surface area contributed by atoms with Crippen LogP contribution in [0.3, 0.4) is 0 Å². The Bertz CT molecular complexity index is 1140. The zero-order valence-corrected chi connectivity index (χ0v) is 24.4. The fourth-order valence-electron chi connectivity index (χ4n) is 6.78. The molecular weight excluding hydrogens is 490 g/mol. The van der Waals surface area contributed by atoms with E-state index in [4.69, 9.17) is 4.74 Å². The highest BCUT2D eigenvalue weighted by atomic mass is 16.5. The number of phenolic OH excluding ortho intramolecular Hbond substituents is 1. The number of rotatable bonds is 15. The lowest BCUT2D eigenvalue weighted by Crippen LogP contribution is -2.25. The summed E-state index contributed by atoms with van der Waals surface area (Å²) >= 11 is 0. The standard InChI is InChI=1S/C37H49NO2/c39-33-23-24-36-34(28-33)37(35(29-40-36)31-17-11-9-12-18-31)32-21-19-30(20-22-32)16-10-7-5-3-1-2-4-6-8-13-25-38-26-14-15-27-38/h9,11-12,17-24,28,35,37,39H,1-8,10,13-16,25-27,29H2/t35-,37?/m1/s1. The zero-order chi connectivity index (χ0) is 27.4. The smallest absolute Gasteiger partial charge is 0.123 e. The Labute approximate surface area is 242 Å². The lowest BCUT2D eigenvalue weighted by atomic mass is 9.75. The minimum Gasteiger partial charge on any atom is -0.508 e. The molecule has 2 aliphatic heterocycles. The van der Waals surface area contributed by atoms with Crippen molar-refractivity contribution < 1.29 is 9.84 Å². The van der Waals surface area contributed by atoms with Crippen LogP contribution in [0, 0.1) is 0 Å². The molecule has 2 heterocycles. The number of unbranched alkanes of at least 4 members (excludes halogenated alkanes) is 9. The van der Waals surface area contributed by atoms with Gasteiger partial charge in [0.1, 0.15) is 11.5 Å². The van der Waals surface area contributed by atoms with E-state index in [-0.39, 0.29) is 11.8 Å². The van der Waals surface area contributed by atoms with Crippen molar-refractivity contribution >= 4 is 0 Å². The molecular formula is C37H49NO2. The Morgan fingerprint density at radius 1 is 0.675 bits per heavy atom. The van der Waals surface area contributed by atoms with Gasteiger partial charge in [0.2, 0.25) is 0 Å². The van der Waals surface area contributed by atoms with Crippen LogP contribution in [0.4, 0.5) is 0 Å². The van der Waals surface area contributed by atoms with Crippen LogP contribution in [0.15, 0.2) is 72.8 Å². The number of phenols is 1. The first-order valence-corrected chi connectivity index (χ1v) is 16.1. The Balaban J connectivity index is 1.03. The molecule has 0 bridgehead atoms. The van der Waals surface area contributed by atoms with Gasteiger partial charge in [0, 0.05) is 17.4 Å². The molecule has 214 valence electrons. The lowest BCUT2D eigenvalue weighted by Gasteiger charge is -2.34. The van der Waals surface area contributed by atoms with E-state index in [0.717, 1.165) is 17.7 Å². The molecule has 0 spiro atoms. The van der Waals surface area contributed by atoms with Gasteiger partial charge in [-0.1, -0.05) is 106 Å². The molecule has 3 nitrogen and oxygen atoms in total. The summed E-state index contributed by atoms with van der Waals surface area (Å²) in [5.74, 6) is 1.57. The number of aromatic hydroxyl groups is 1. The molecule has 5 rings (SSSR count). The third-order valence-corrected chi connectivity index (χ3v) is 9.10. The average molecular weight is 540 g/mol. The van der Waals surface area contributed by atoms with Crippen molar-refractivity contribution in [2.45, 2.75) is 95.3 Å². The topological polar surface area (TPSA) is 32.7 Å². The maximum Gasteiger partial charge on any atom is 0.123 e. The molecule has 3 aromatic rings. The summed E-state index contributed by atoms with van der Waals surface area (Å²) in [5.41, 5.74) is 5.08. The van der Waals surface area contributed by atoms with Gasteiger partial charge in [0.05, 0.1) is 6.61 Å². The summed E-state index contributed by atoms with van der Waals surface area (Å²) in [5, 5.41) is 10.3. The highest BCUT2D eigenvalue weighted by molar-refractivity contribution is 5.50. The quantitative estimate of drug-likeness (QED) is 0.195. The molecule has 40 heavy (non-hydrogen) atoms. The minimum absolute atomic E-state index is 0.164. The highest BCUT2D eigenvalue weighted by Crippen LogP contribution is 2.47. The number of hydrogen-bond donors (Lipinski definition) is 1. The second-order valence-electron chi connectivity index (χ2n) is 12.1. The summed E-state index contributed by atoms with van der Waals surface area (Å²) in [6.07, 6.45) is 17.9. The third-order valence-electron chi connectivity index (χ3n) is 9.10. The molecule has 0 radical (unpaired) electrons. The second-order valence-corrected chi connectivity index (χ2v) is 12.1. The number of fused-ring (bicyclic) bond motifs is 1. The summed E-state index contributed by atoms with van der Waals surface area (Å²) in [7, 11) is 0. The Kier molecular flexibility index (Phi) is 11.0. The maximum atomic E-state index is 10.3. The van der Waals surface area contributed by atoms with E-state index in [1.165, 1.54) is 113 Å². The molecule has 2 atom stereocenters. The first-order chi connectivity index (χ1) is 19.8. The van der Waals surface area contributed by atoms with E-state index in [1.807, 2.05) is 12.1 Å². The number of ether oxygens (including phenoxy) is 1. The van der Waals surface area contributed by atoms with Gasteiger partial charge in [-0.15, -0.1) is 0 Å². The number of benzene rings is 3. The number of aryl methyl sites for hydroxylation is 1. The first-order valence-electron chi connectivity index (χ1n) is 16.1. The molecule has 1 unspecified atom stereocenters. The van der Waals surface area contributed by atoms with Crippen LogP contribution in [-0.2, 0) is 6.42 Å². The van der Waals surface area contributed by atoms with Crippen molar-refractivity contribution in [1.29, 1.82) is 0 Å². The minimum atomic E-state index is 0.164. The van der Waals surface area contributed by atoms with Gasteiger partial charge in [-0.25, -0.2) is 0 Å². The van der Waals surface area contributed by atoms with Crippen molar-refractivity contribution in [3.8, 4) is 11.5 Å². The van der Waals surface area contributed by atoms with E-state index >= 15 is 0 Å². The molecule has 3 aromatic carbocycles. The summed E-state index contributed by atoms with van der Waals surface area (Å²) in [4.78, 5) is 2.65. The van der Waals surface area contributed by atoms with E-state index in [2.05, 4.69) is 59.5 Å². The molecule has 1 saturated heterocycles. The Morgan fingerprint density at radius 2 is 1.32 bits per heavy atom. The van der Waals surface area contributed by atoms with Crippen LogP contribution < -0.4 is 4.74 Å². The monoisotopic (exact) mass is 539 g/mol. The SMILES string of the molecule is Oc1ccc2c(c1)C(c1ccc(CCCCCCCCCCCCN3CCCC3)cc1)[C@@H](c1ccccc1)CO2. The summed E-state index contributed by atoms with van der Waals surface area (Å²) in [6.45, 7) is 4.67. The average Bonchev–Trinajstić information content (AvgIpc) is 3.51. The molecule has 0 aromatic heterocycles. The molecule has 0 aliphatic carbocycles. The summed E-state index contributed by atoms with van der Waals surface area (Å²) < 4.78 is 6.15. The van der Waals surface area contributed by atoms with Crippen molar-refractivity contribution in [2.75, 3.05) is 26.2 Å². The zero-order valence-electron chi connectivity index (χ0n) is 24.4. The van der Waals surface area contributed by atoms with Crippen LogP contribution in [0.25, 0.3) is 0 Å². The van der Waals surface area contributed by atoms with E-state index < -0.39 is 0 Å². The van der Waals surface area contributed by atoms with Crippen molar-refractivity contribution in [2.24, 2.45) is 0 Å². The Morgan fingerprint density at radius 3 is 2.02 bits per heavy atom. The molecule has 3 heteroatoms. The highest BCUT2D eigenvalue weighted by Gasteiger charge is 2.33. The van der Waals surface area contributed by atoms with Crippen LogP contribution in [-0.4, -0.2) is 36.2 Å². The van der Waals surface area contributed by atoms with Gasteiger partial charge in [-0.2, -0.15) is 0 Å². The molecule has 1 fully saturated rings. The predicted molar refractivity (Wildman–Crippen MR) is 167 cm³/mol. The van der Waals surface area contributed by atoms with Crippen LogP contribution in [0.1, 0.15) is 111 Å². The van der Waals surface area contributed by atoms with Crippen LogP contribution in [0.5, 0.6) is 11.5 Å². The first kappa shape index (κ1) is 28.7. The van der Waals surface area contributed by atoms with Gasteiger partial charge >= 0.3 is 0 Å². The van der Waals surface area contributed by atoms with Crippen LogP contribution >= 0.6 is 0 Å². The number of hydrogen-bond acceptors (Lipinski definition) is 3. The predicted octanol–water partition coefficient (Wildman–Crippen LogP) is 9.24. The maximum absolute atomic E-state index is 10.3. The van der Waals surface area contributed by atoms with Crippen molar-refractivity contribution in [3.63, 3.8) is 0 Å². The summed E-state index contributed by atoms with van der Waals surface area (Å²) in [6, 6.07) is 25.4. The number of nitrogens with zero attached hydrogens (tertiary/aromatic N) is 1. The fraction of sp³-hybridized carbons (Fsp3) is 0.514.